The molecule has 26 heavy (non-hydrogen) atoms. The number of rotatable bonds is 5. The number of carbonyl (C=O) groups is 1. The van der Waals surface area contributed by atoms with Crippen LogP contribution in [0.2, 0.25) is 0 Å². The van der Waals surface area contributed by atoms with Gasteiger partial charge in [-0.3, -0.25) is 4.79 Å². The Labute approximate surface area is 154 Å². The van der Waals surface area contributed by atoms with E-state index in [1.165, 1.54) is 18.5 Å². The first-order chi connectivity index (χ1) is 12.7. The molecule has 2 aromatic carbocycles. The van der Waals surface area contributed by atoms with Crippen LogP contribution in [0.3, 0.4) is 0 Å². The second kappa shape index (κ2) is 7.24. The van der Waals surface area contributed by atoms with Gasteiger partial charge < -0.3 is 15.2 Å². The molecule has 1 aliphatic rings. The van der Waals surface area contributed by atoms with Crippen LogP contribution in [-0.4, -0.2) is 30.4 Å². The quantitative estimate of drug-likeness (QED) is 0.658. The van der Waals surface area contributed by atoms with Crippen molar-refractivity contribution in [2.24, 2.45) is 5.92 Å². The standard InChI is InChI=1S/C22H25N3O/c1-16-10-12-25(13-11-16)18-8-6-17(7-9-18)23-15-22(26)20-14-24-21-5-3-2-4-19(20)21/h2-9,14,16,23-24H,10-13,15H2,1H3. The van der Waals surface area contributed by atoms with Crippen LogP contribution < -0.4 is 10.2 Å². The number of H-pyrrole nitrogens is 1. The molecule has 4 rings (SSSR count). The monoisotopic (exact) mass is 347 g/mol. The van der Waals surface area contributed by atoms with E-state index in [1.807, 2.05) is 24.3 Å². The Balaban J connectivity index is 1.38. The van der Waals surface area contributed by atoms with Gasteiger partial charge >= 0.3 is 0 Å². The number of para-hydroxylation sites is 1. The number of nitrogens with zero attached hydrogens (tertiary/aromatic N) is 1. The molecule has 2 N–H and O–H groups in total. The normalized spacial score (nSPS) is 15.3. The van der Waals surface area contributed by atoms with Crippen LogP contribution in [0.4, 0.5) is 11.4 Å². The molecule has 0 aliphatic carbocycles. The van der Waals surface area contributed by atoms with E-state index in [0.29, 0.717) is 6.54 Å². The van der Waals surface area contributed by atoms with Crippen LogP contribution in [-0.2, 0) is 0 Å². The highest BCUT2D eigenvalue weighted by Gasteiger charge is 2.16. The van der Waals surface area contributed by atoms with Gasteiger partial charge in [0, 0.05) is 47.1 Å². The first kappa shape index (κ1) is 16.7. The molecule has 0 unspecified atom stereocenters. The summed E-state index contributed by atoms with van der Waals surface area (Å²) in [5.74, 6) is 0.930. The molecular weight excluding hydrogens is 322 g/mol. The van der Waals surface area contributed by atoms with Crippen molar-refractivity contribution in [3.05, 3.63) is 60.3 Å². The number of nitrogens with one attached hydrogen (secondary N) is 2. The average molecular weight is 347 g/mol. The number of Topliss-reactive ketones (excluding diaryl/α,β-unsaturated/α-hetero) is 1. The molecule has 1 aliphatic heterocycles. The maximum atomic E-state index is 12.5. The van der Waals surface area contributed by atoms with Gasteiger partial charge in [-0.1, -0.05) is 25.1 Å². The Morgan fingerprint density at radius 3 is 2.62 bits per heavy atom. The van der Waals surface area contributed by atoms with E-state index in [0.717, 1.165) is 41.2 Å². The third kappa shape index (κ3) is 3.45. The minimum absolute atomic E-state index is 0.0940. The van der Waals surface area contributed by atoms with Crippen molar-refractivity contribution in [1.82, 2.24) is 4.98 Å². The Hall–Kier alpha value is -2.75. The summed E-state index contributed by atoms with van der Waals surface area (Å²) in [6, 6.07) is 16.3. The summed E-state index contributed by atoms with van der Waals surface area (Å²) in [7, 11) is 0. The molecule has 1 saturated heterocycles. The lowest BCUT2D eigenvalue weighted by atomic mass is 9.99. The number of hydrogen-bond acceptors (Lipinski definition) is 3. The number of benzene rings is 2. The molecule has 0 spiro atoms. The molecule has 1 fully saturated rings. The van der Waals surface area contributed by atoms with Crippen LogP contribution in [0.1, 0.15) is 30.1 Å². The highest BCUT2D eigenvalue weighted by Crippen LogP contribution is 2.24. The number of hydrogen-bond donors (Lipinski definition) is 2. The third-order valence-electron chi connectivity index (χ3n) is 5.36. The van der Waals surface area contributed by atoms with E-state index in [2.05, 4.69) is 46.4 Å². The molecule has 0 atom stereocenters. The summed E-state index contributed by atoms with van der Waals surface area (Å²) in [5, 5.41) is 4.23. The number of carbonyl (C=O) groups excluding carboxylic acids is 1. The number of fused-ring (bicyclic) bond motifs is 1. The topological polar surface area (TPSA) is 48.1 Å². The van der Waals surface area contributed by atoms with Gasteiger partial charge in [-0.05, 0) is 49.1 Å². The molecule has 2 heterocycles. The number of piperidine rings is 1. The van der Waals surface area contributed by atoms with Crippen LogP contribution in [0, 0.1) is 5.92 Å². The zero-order valence-electron chi connectivity index (χ0n) is 15.2. The van der Waals surface area contributed by atoms with E-state index in [1.54, 1.807) is 6.20 Å². The van der Waals surface area contributed by atoms with Gasteiger partial charge in [0.2, 0.25) is 0 Å². The molecule has 0 bridgehead atoms. The Kier molecular flexibility index (Phi) is 4.65. The fourth-order valence-electron chi connectivity index (χ4n) is 3.64. The highest BCUT2D eigenvalue weighted by molar-refractivity contribution is 6.09. The van der Waals surface area contributed by atoms with Crippen LogP contribution >= 0.6 is 0 Å². The smallest absolute Gasteiger partial charge is 0.183 e. The van der Waals surface area contributed by atoms with Crippen LogP contribution in [0.25, 0.3) is 10.9 Å². The van der Waals surface area contributed by atoms with Crippen LogP contribution in [0.5, 0.6) is 0 Å². The largest absolute Gasteiger partial charge is 0.378 e. The van der Waals surface area contributed by atoms with Crippen molar-refractivity contribution in [2.45, 2.75) is 19.8 Å². The Morgan fingerprint density at radius 2 is 1.85 bits per heavy atom. The molecule has 134 valence electrons. The SMILES string of the molecule is CC1CCN(c2ccc(NCC(=O)c3c[nH]c4ccccc34)cc2)CC1. The maximum absolute atomic E-state index is 12.5. The maximum Gasteiger partial charge on any atom is 0.183 e. The number of ketones is 1. The molecule has 4 nitrogen and oxygen atoms in total. The summed E-state index contributed by atoms with van der Waals surface area (Å²) in [4.78, 5) is 18.2. The van der Waals surface area contributed by atoms with E-state index in [-0.39, 0.29) is 5.78 Å². The first-order valence-corrected chi connectivity index (χ1v) is 9.39. The minimum Gasteiger partial charge on any atom is -0.378 e. The summed E-state index contributed by atoms with van der Waals surface area (Å²) >= 11 is 0. The Bertz CT molecular complexity index is 889. The lowest BCUT2D eigenvalue weighted by Gasteiger charge is -2.32. The third-order valence-corrected chi connectivity index (χ3v) is 5.36. The van der Waals surface area contributed by atoms with Crippen LogP contribution in [0.15, 0.2) is 54.7 Å². The highest BCUT2D eigenvalue weighted by atomic mass is 16.1. The molecule has 1 aromatic heterocycles. The summed E-state index contributed by atoms with van der Waals surface area (Å²) in [6.45, 7) is 4.89. The van der Waals surface area contributed by atoms with Gasteiger partial charge in [0.15, 0.2) is 5.78 Å². The van der Waals surface area contributed by atoms with E-state index in [4.69, 9.17) is 0 Å². The summed E-state index contributed by atoms with van der Waals surface area (Å²) in [5.41, 5.74) is 3.99. The fourth-order valence-corrected chi connectivity index (χ4v) is 3.64. The number of anilines is 2. The van der Waals surface area contributed by atoms with Gasteiger partial charge in [0.05, 0.1) is 6.54 Å². The van der Waals surface area contributed by atoms with Crippen molar-refractivity contribution >= 4 is 28.1 Å². The zero-order chi connectivity index (χ0) is 17.9. The van der Waals surface area contributed by atoms with Gasteiger partial charge in [0.1, 0.15) is 0 Å². The lowest BCUT2D eigenvalue weighted by Crippen LogP contribution is -2.32. The van der Waals surface area contributed by atoms with Gasteiger partial charge in [0.25, 0.3) is 0 Å². The molecule has 0 amide bonds. The van der Waals surface area contributed by atoms with Gasteiger partial charge in [-0.25, -0.2) is 0 Å². The second-order valence-electron chi connectivity index (χ2n) is 7.24. The predicted octanol–water partition coefficient (Wildman–Crippen LogP) is 4.70. The molecule has 0 saturated carbocycles. The van der Waals surface area contributed by atoms with E-state index in [9.17, 15) is 4.79 Å². The summed E-state index contributed by atoms with van der Waals surface area (Å²) in [6.07, 6.45) is 4.33. The number of aromatic nitrogens is 1. The molecule has 3 aromatic rings. The molecule has 0 radical (unpaired) electrons. The van der Waals surface area contributed by atoms with Crippen molar-refractivity contribution in [1.29, 1.82) is 0 Å². The number of aromatic amines is 1. The average Bonchev–Trinajstić information content (AvgIpc) is 3.11. The predicted molar refractivity (Wildman–Crippen MR) is 108 cm³/mol. The second-order valence-corrected chi connectivity index (χ2v) is 7.24. The van der Waals surface area contributed by atoms with Crippen molar-refractivity contribution in [3.63, 3.8) is 0 Å². The van der Waals surface area contributed by atoms with Gasteiger partial charge in [-0.2, -0.15) is 0 Å². The van der Waals surface area contributed by atoms with E-state index >= 15 is 0 Å². The van der Waals surface area contributed by atoms with Crippen molar-refractivity contribution in [3.8, 4) is 0 Å². The fraction of sp³-hybridized carbons (Fsp3) is 0.318. The Morgan fingerprint density at radius 1 is 1.12 bits per heavy atom. The van der Waals surface area contributed by atoms with E-state index < -0.39 is 0 Å². The van der Waals surface area contributed by atoms with Crippen molar-refractivity contribution < 1.29 is 4.79 Å². The first-order valence-electron chi connectivity index (χ1n) is 9.39. The minimum atomic E-state index is 0.0940. The lowest BCUT2D eigenvalue weighted by molar-refractivity contribution is 0.101. The van der Waals surface area contributed by atoms with Crippen molar-refractivity contribution in [2.75, 3.05) is 29.9 Å². The zero-order valence-corrected chi connectivity index (χ0v) is 15.2. The van der Waals surface area contributed by atoms with Gasteiger partial charge in [-0.15, -0.1) is 0 Å². The summed E-state index contributed by atoms with van der Waals surface area (Å²) < 4.78 is 0. The molecule has 4 heteroatoms. The molecular formula is C22H25N3O.